The highest BCUT2D eigenvalue weighted by molar-refractivity contribution is 6.06. The maximum atomic E-state index is 15.7. The average molecular weight is 751 g/mol. The third kappa shape index (κ3) is 5.10. The Labute approximate surface area is 326 Å². The summed E-state index contributed by atoms with van der Waals surface area (Å²) in [5.41, 5.74) is -5.23. The fourth-order valence-electron chi connectivity index (χ4n) is 13.2. The summed E-state index contributed by atoms with van der Waals surface area (Å²) in [5.74, 6) is -1.60. The van der Waals surface area contributed by atoms with Crippen LogP contribution in [-0.2, 0) is 51.4 Å². The van der Waals surface area contributed by atoms with Gasteiger partial charge >= 0.3 is 17.9 Å². The molecule has 0 aromatic heterocycles. The standard InChI is InChI=1S/C47H58O8/c1-40(2)22-25-45(37(50)53-7)26-23-41(3)34(35(45)28-40)18-21-47(39(52)55-30-33-16-12-9-13-17-33)43(41,5)24-27-46(38(51)54-29-32-14-10-8-11-15-32)42(4,31-48)36(49)19-20-44(46,47)6/h8-18,31,35H,19-30H2,1-7H3/t35?,41-,42-,43+,44+,45+,46?,47?/m1/s1. The van der Waals surface area contributed by atoms with Crippen LogP contribution in [-0.4, -0.2) is 37.1 Å². The van der Waals surface area contributed by atoms with E-state index in [2.05, 4.69) is 33.8 Å². The van der Waals surface area contributed by atoms with Gasteiger partial charge in [0.05, 0.1) is 28.8 Å². The Hall–Kier alpha value is -4.07. The summed E-state index contributed by atoms with van der Waals surface area (Å²) in [6.07, 6.45) is 7.64. The van der Waals surface area contributed by atoms with E-state index in [1.54, 1.807) is 6.92 Å². The molecule has 0 aliphatic heterocycles. The monoisotopic (exact) mass is 750 g/mol. The smallest absolute Gasteiger partial charge is 0.314 e. The fraction of sp³-hybridized carbons (Fsp3) is 0.596. The number of rotatable bonds is 8. The second-order valence-corrected chi connectivity index (χ2v) is 19.1. The van der Waals surface area contributed by atoms with Crippen LogP contribution in [0, 0.1) is 49.2 Å². The lowest BCUT2D eigenvalue weighted by molar-refractivity contribution is -0.275. The van der Waals surface area contributed by atoms with Crippen molar-refractivity contribution in [2.45, 2.75) is 119 Å². The van der Waals surface area contributed by atoms with Crippen LogP contribution >= 0.6 is 0 Å². The second kappa shape index (κ2) is 13.3. The Morgan fingerprint density at radius 2 is 1.25 bits per heavy atom. The molecule has 2 aromatic rings. The third-order valence-electron chi connectivity index (χ3n) is 16.7. The van der Waals surface area contributed by atoms with E-state index in [4.69, 9.17) is 14.2 Å². The molecule has 5 aliphatic carbocycles. The SMILES string of the molecule is COC(=O)[C@]12CCC(C)(C)CC1C1=CCC3(C(=O)OCc4ccccc4)[C@@]4(C)CCC(=O)[C@@](C)(C=O)C4(C(=O)OCc4ccccc4)CC[C@@]3(C)[C@]1(C)CC2. The molecule has 0 amide bonds. The fourth-order valence-corrected chi connectivity index (χ4v) is 13.2. The van der Waals surface area contributed by atoms with Gasteiger partial charge in [0.1, 0.15) is 25.3 Å². The maximum Gasteiger partial charge on any atom is 0.314 e. The number of ketones is 1. The van der Waals surface area contributed by atoms with Crippen molar-refractivity contribution in [1.82, 2.24) is 0 Å². The van der Waals surface area contributed by atoms with E-state index in [0.717, 1.165) is 30.4 Å². The number of aldehydes is 1. The molecule has 294 valence electrons. The Bertz CT molecular complexity index is 1920. The first-order chi connectivity index (χ1) is 26.0. The lowest BCUT2D eigenvalue weighted by atomic mass is 9.25. The predicted molar refractivity (Wildman–Crippen MR) is 207 cm³/mol. The highest BCUT2D eigenvalue weighted by Gasteiger charge is 2.84. The van der Waals surface area contributed by atoms with Crippen LogP contribution in [0.1, 0.15) is 117 Å². The van der Waals surface area contributed by atoms with Crippen molar-refractivity contribution in [3.05, 3.63) is 83.4 Å². The molecule has 8 atom stereocenters. The topological polar surface area (TPSA) is 113 Å². The van der Waals surface area contributed by atoms with Gasteiger partial charge < -0.3 is 19.0 Å². The Morgan fingerprint density at radius 3 is 1.82 bits per heavy atom. The summed E-state index contributed by atoms with van der Waals surface area (Å²) in [4.78, 5) is 72.5. The Balaban J connectivity index is 1.45. The van der Waals surface area contributed by atoms with E-state index < -0.39 is 49.8 Å². The van der Waals surface area contributed by atoms with Crippen LogP contribution in [0.5, 0.6) is 0 Å². The molecule has 3 unspecified atom stereocenters. The van der Waals surface area contributed by atoms with Crippen molar-refractivity contribution in [2.75, 3.05) is 7.11 Å². The van der Waals surface area contributed by atoms with Crippen molar-refractivity contribution >= 4 is 30.0 Å². The molecule has 7 rings (SSSR count). The minimum atomic E-state index is -1.74. The summed E-state index contributed by atoms with van der Waals surface area (Å²) < 4.78 is 18.2. The molecular formula is C47H58O8. The molecule has 4 saturated carbocycles. The molecule has 0 heterocycles. The molecule has 5 aliphatic rings. The van der Waals surface area contributed by atoms with E-state index in [1.165, 1.54) is 12.7 Å². The summed E-state index contributed by atoms with van der Waals surface area (Å²) in [6.45, 7) is 12.6. The highest BCUT2D eigenvalue weighted by Crippen LogP contribution is 2.83. The summed E-state index contributed by atoms with van der Waals surface area (Å²) in [5, 5.41) is 0. The van der Waals surface area contributed by atoms with Crippen molar-refractivity contribution in [3.8, 4) is 0 Å². The molecule has 2 aromatic carbocycles. The van der Waals surface area contributed by atoms with E-state index in [0.29, 0.717) is 25.5 Å². The molecule has 4 fully saturated rings. The summed E-state index contributed by atoms with van der Waals surface area (Å²) in [7, 11) is 1.48. The molecule has 8 heteroatoms. The zero-order valence-corrected chi connectivity index (χ0v) is 33.8. The normalized spacial score (nSPS) is 38.8. The first-order valence-electron chi connectivity index (χ1n) is 20.2. The number of benzene rings is 2. The largest absolute Gasteiger partial charge is 0.469 e. The van der Waals surface area contributed by atoms with E-state index >= 15 is 9.59 Å². The van der Waals surface area contributed by atoms with Crippen molar-refractivity contribution in [1.29, 1.82) is 0 Å². The predicted octanol–water partition coefficient (Wildman–Crippen LogP) is 8.94. The number of carbonyl (C=O) groups excluding carboxylic acids is 5. The molecule has 0 radical (unpaired) electrons. The average Bonchev–Trinajstić information content (AvgIpc) is 3.18. The number of methoxy groups -OCH3 is 1. The number of allylic oxidation sites excluding steroid dienone is 2. The van der Waals surface area contributed by atoms with E-state index in [9.17, 15) is 14.4 Å². The summed E-state index contributed by atoms with van der Waals surface area (Å²) >= 11 is 0. The first kappa shape index (κ1) is 39.2. The van der Waals surface area contributed by atoms with E-state index in [1.807, 2.05) is 67.6 Å². The minimum absolute atomic E-state index is 0.00293. The molecule has 0 spiro atoms. The molecule has 8 nitrogen and oxygen atoms in total. The third-order valence-corrected chi connectivity index (χ3v) is 16.7. The van der Waals surface area contributed by atoms with Gasteiger partial charge in [-0.3, -0.25) is 19.2 Å². The molecular weight excluding hydrogens is 693 g/mol. The summed E-state index contributed by atoms with van der Waals surface area (Å²) in [6, 6.07) is 18.9. The van der Waals surface area contributed by atoms with Crippen LogP contribution < -0.4 is 0 Å². The van der Waals surface area contributed by atoms with Crippen LogP contribution in [0.4, 0.5) is 0 Å². The number of carbonyl (C=O) groups is 5. The maximum absolute atomic E-state index is 15.7. The van der Waals surface area contributed by atoms with Crippen LogP contribution in [0.3, 0.4) is 0 Å². The zero-order valence-electron chi connectivity index (χ0n) is 33.8. The van der Waals surface area contributed by atoms with Gasteiger partial charge in [-0.05, 0) is 98.0 Å². The van der Waals surface area contributed by atoms with Crippen LogP contribution in [0.15, 0.2) is 72.3 Å². The van der Waals surface area contributed by atoms with Gasteiger partial charge in [0.15, 0.2) is 0 Å². The zero-order chi connectivity index (χ0) is 39.7. The lowest BCUT2D eigenvalue weighted by Crippen LogP contribution is -2.78. The van der Waals surface area contributed by atoms with Crippen LogP contribution in [0.2, 0.25) is 0 Å². The van der Waals surface area contributed by atoms with Crippen molar-refractivity contribution in [2.24, 2.45) is 49.2 Å². The highest BCUT2D eigenvalue weighted by atomic mass is 16.5. The first-order valence-corrected chi connectivity index (χ1v) is 20.2. The molecule has 0 N–H and O–H groups in total. The minimum Gasteiger partial charge on any atom is -0.469 e. The Kier molecular flexibility index (Phi) is 9.45. The quantitative estimate of drug-likeness (QED) is 0.0865. The number of fused-ring (bicyclic) bond motifs is 7. The molecule has 0 saturated heterocycles. The van der Waals surface area contributed by atoms with Crippen LogP contribution in [0.25, 0.3) is 0 Å². The Morgan fingerprint density at radius 1 is 0.691 bits per heavy atom. The number of ether oxygens (including phenoxy) is 3. The van der Waals surface area contributed by atoms with Crippen molar-refractivity contribution < 1.29 is 38.2 Å². The van der Waals surface area contributed by atoms with Gasteiger partial charge in [0, 0.05) is 11.8 Å². The molecule has 0 bridgehead atoms. The number of hydrogen-bond donors (Lipinski definition) is 0. The van der Waals surface area contributed by atoms with Crippen molar-refractivity contribution in [3.63, 3.8) is 0 Å². The number of Topliss-reactive ketones (excluding diaryl/α,β-unsaturated/α-hetero) is 1. The van der Waals surface area contributed by atoms with Gasteiger partial charge in [-0.2, -0.15) is 0 Å². The lowest BCUT2D eigenvalue weighted by Gasteiger charge is -2.76. The molecule has 55 heavy (non-hydrogen) atoms. The number of hydrogen-bond acceptors (Lipinski definition) is 8. The van der Waals surface area contributed by atoms with E-state index in [-0.39, 0.29) is 62.0 Å². The van der Waals surface area contributed by atoms with Gasteiger partial charge in [-0.1, -0.05) is 107 Å². The second-order valence-electron chi connectivity index (χ2n) is 19.1. The van der Waals surface area contributed by atoms with Gasteiger partial charge in [-0.15, -0.1) is 0 Å². The van der Waals surface area contributed by atoms with Gasteiger partial charge in [-0.25, -0.2) is 0 Å². The van der Waals surface area contributed by atoms with Gasteiger partial charge in [0.2, 0.25) is 0 Å². The van der Waals surface area contributed by atoms with Gasteiger partial charge in [0.25, 0.3) is 0 Å². The number of esters is 3.